The number of carbonyl (C=O) groups excluding carboxylic acids is 1. The number of nitrogens with zero attached hydrogens (tertiary/aromatic N) is 1. The third kappa shape index (κ3) is 4.74. The molecule has 1 aromatic carbocycles. The molecule has 1 saturated heterocycles. The van der Waals surface area contributed by atoms with Crippen LogP contribution in [-0.4, -0.2) is 50.5 Å². The highest BCUT2D eigenvalue weighted by molar-refractivity contribution is 7.91. The molecule has 0 amide bonds. The van der Waals surface area contributed by atoms with Crippen LogP contribution in [0.4, 0.5) is 0 Å². The van der Waals surface area contributed by atoms with Gasteiger partial charge in [0.05, 0.1) is 18.1 Å². The van der Waals surface area contributed by atoms with E-state index in [0.717, 1.165) is 18.4 Å². The lowest BCUT2D eigenvalue weighted by atomic mass is 9.85. The average molecular weight is 378 g/mol. The Morgan fingerprint density at radius 1 is 1.15 bits per heavy atom. The van der Waals surface area contributed by atoms with Crippen LogP contribution in [0.2, 0.25) is 0 Å². The molecule has 2 aliphatic rings. The summed E-state index contributed by atoms with van der Waals surface area (Å²) in [6.07, 6.45) is 6.30. The second kappa shape index (κ2) is 8.35. The second-order valence-corrected chi connectivity index (χ2v) is 9.61. The number of benzene rings is 1. The summed E-state index contributed by atoms with van der Waals surface area (Å²) >= 11 is 0. The number of esters is 1. The molecule has 1 aromatic rings. The summed E-state index contributed by atoms with van der Waals surface area (Å²) in [6, 6.07) is 8.96. The van der Waals surface area contributed by atoms with Gasteiger partial charge in [-0.05, 0) is 30.2 Å². The molecule has 1 aliphatic carbocycles. The third-order valence-corrected chi connectivity index (χ3v) is 7.05. The molecule has 1 fully saturated rings. The maximum Gasteiger partial charge on any atom is 0.328 e. The Balaban J connectivity index is 1.71. The summed E-state index contributed by atoms with van der Waals surface area (Å²) in [4.78, 5) is 14.9. The number of hydrogen-bond acceptors (Lipinski definition) is 5. The molecule has 0 radical (unpaired) electrons. The number of carbonyl (C=O) groups is 1. The van der Waals surface area contributed by atoms with Crippen LogP contribution in [0.15, 0.2) is 42.5 Å². The summed E-state index contributed by atoms with van der Waals surface area (Å²) < 4.78 is 29.2. The third-order valence-electron chi connectivity index (χ3n) is 5.44. The van der Waals surface area contributed by atoms with Gasteiger partial charge in [-0.25, -0.2) is 13.2 Å². The van der Waals surface area contributed by atoms with Crippen molar-refractivity contribution in [1.82, 2.24) is 4.90 Å². The molecular weight excluding hydrogens is 350 g/mol. The van der Waals surface area contributed by atoms with Crippen molar-refractivity contribution >= 4 is 15.8 Å². The normalized spacial score (nSPS) is 27.0. The van der Waals surface area contributed by atoms with Gasteiger partial charge in [0.1, 0.15) is 6.04 Å². The summed E-state index contributed by atoms with van der Waals surface area (Å²) in [6.45, 7) is 3.32. The SMILES string of the molecule is CC1CC=CCC1COC(=O)C(c1ccccc1)N1CCS(=O)(=O)CC1. The number of rotatable bonds is 5. The van der Waals surface area contributed by atoms with Crippen LogP contribution in [0.25, 0.3) is 0 Å². The molecule has 1 aliphatic heterocycles. The Bertz CT molecular complexity index is 730. The largest absolute Gasteiger partial charge is 0.464 e. The van der Waals surface area contributed by atoms with Gasteiger partial charge in [0.2, 0.25) is 0 Å². The van der Waals surface area contributed by atoms with Crippen molar-refractivity contribution < 1.29 is 17.9 Å². The lowest BCUT2D eigenvalue weighted by Crippen LogP contribution is -2.45. The van der Waals surface area contributed by atoms with Crippen molar-refractivity contribution in [2.45, 2.75) is 25.8 Å². The summed E-state index contributed by atoms with van der Waals surface area (Å²) in [7, 11) is -3.00. The average Bonchev–Trinajstić information content (AvgIpc) is 2.63. The first-order valence-electron chi connectivity index (χ1n) is 9.27. The number of ether oxygens (including phenoxy) is 1. The van der Waals surface area contributed by atoms with E-state index in [0.29, 0.717) is 31.5 Å². The molecule has 0 aromatic heterocycles. The van der Waals surface area contributed by atoms with Crippen molar-refractivity contribution in [2.75, 3.05) is 31.2 Å². The van der Waals surface area contributed by atoms with E-state index in [1.54, 1.807) is 0 Å². The molecule has 0 N–H and O–H groups in total. The first-order valence-corrected chi connectivity index (χ1v) is 11.1. The highest BCUT2D eigenvalue weighted by Gasteiger charge is 2.34. The molecule has 3 unspecified atom stereocenters. The Morgan fingerprint density at radius 2 is 1.81 bits per heavy atom. The van der Waals surface area contributed by atoms with E-state index < -0.39 is 15.9 Å². The van der Waals surface area contributed by atoms with E-state index in [1.165, 1.54) is 0 Å². The quantitative estimate of drug-likeness (QED) is 0.583. The molecule has 3 atom stereocenters. The van der Waals surface area contributed by atoms with Crippen molar-refractivity contribution in [1.29, 1.82) is 0 Å². The van der Waals surface area contributed by atoms with Crippen LogP contribution in [0.3, 0.4) is 0 Å². The molecule has 3 rings (SSSR count). The first-order chi connectivity index (χ1) is 12.5. The second-order valence-electron chi connectivity index (χ2n) is 7.31. The van der Waals surface area contributed by atoms with Gasteiger partial charge in [-0.1, -0.05) is 49.4 Å². The van der Waals surface area contributed by atoms with Gasteiger partial charge in [-0.2, -0.15) is 0 Å². The standard InChI is InChI=1S/C20H27NO4S/c1-16-7-5-6-10-18(16)15-25-20(22)19(17-8-3-2-4-9-17)21-11-13-26(23,24)14-12-21/h2-6,8-9,16,18-19H,7,10-15H2,1H3. The molecule has 6 heteroatoms. The summed E-state index contributed by atoms with van der Waals surface area (Å²) in [5.74, 6) is 0.754. The fourth-order valence-corrected chi connectivity index (χ4v) is 4.85. The summed E-state index contributed by atoms with van der Waals surface area (Å²) in [5, 5.41) is 0. The molecule has 0 bridgehead atoms. The predicted molar refractivity (Wildman–Crippen MR) is 101 cm³/mol. The van der Waals surface area contributed by atoms with Gasteiger partial charge in [0.15, 0.2) is 9.84 Å². The Hall–Kier alpha value is -1.66. The number of allylic oxidation sites excluding steroid dienone is 2. The van der Waals surface area contributed by atoms with E-state index in [4.69, 9.17) is 4.74 Å². The van der Waals surface area contributed by atoms with Gasteiger partial charge < -0.3 is 4.74 Å². The zero-order valence-corrected chi connectivity index (χ0v) is 16.0. The van der Waals surface area contributed by atoms with Crippen LogP contribution in [0, 0.1) is 11.8 Å². The monoisotopic (exact) mass is 377 g/mol. The highest BCUT2D eigenvalue weighted by Crippen LogP contribution is 2.28. The van der Waals surface area contributed by atoms with Crippen molar-refractivity contribution in [2.24, 2.45) is 11.8 Å². The molecule has 0 saturated carbocycles. The van der Waals surface area contributed by atoms with Crippen LogP contribution in [0.5, 0.6) is 0 Å². The maximum absolute atomic E-state index is 12.9. The molecular formula is C20H27NO4S. The lowest BCUT2D eigenvalue weighted by Gasteiger charge is -2.34. The smallest absolute Gasteiger partial charge is 0.328 e. The summed E-state index contributed by atoms with van der Waals surface area (Å²) in [5.41, 5.74) is 0.855. The van der Waals surface area contributed by atoms with E-state index in [-0.39, 0.29) is 17.5 Å². The van der Waals surface area contributed by atoms with Crippen molar-refractivity contribution in [3.8, 4) is 0 Å². The number of sulfone groups is 1. The first kappa shape index (κ1) is 19.1. The van der Waals surface area contributed by atoms with Gasteiger partial charge in [0, 0.05) is 13.1 Å². The van der Waals surface area contributed by atoms with E-state index in [1.807, 2.05) is 35.2 Å². The Kier molecular flexibility index (Phi) is 6.14. The lowest BCUT2D eigenvalue weighted by molar-refractivity contribution is -0.152. The zero-order chi connectivity index (χ0) is 18.6. The van der Waals surface area contributed by atoms with E-state index in [2.05, 4.69) is 19.1 Å². The molecule has 0 spiro atoms. The predicted octanol–water partition coefficient (Wildman–Crippen LogP) is 2.60. The van der Waals surface area contributed by atoms with Gasteiger partial charge in [-0.3, -0.25) is 4.90 Å². The maximum atomic E-state index is 12.9. The van der Waals surface area contributed by atoms with E-state index >= 15 is 0 Å². The zero-order valence-electron chi connectivity index (χ0n) is 15.2. The minimum atomic E-state index is -3.00. The number of hydrogen-bond donors (Lipinski definition) is 0. The molecule has 26 heavy (non-hydrogen) atoms. The topological polar surface area (TPSA) is 63.7 Å². The van der Waals surface area contributed by atoms with Crippen LogP contribution >= 0.6 is 0 Å². The fraction of sp³-hybridized carbons (Fsp3) is 0.550. The molecule has 142 valence electrons. The van der Waals surface area contributed by atoms with Crippen molar-refractivity contribution in [3.63, 3.8) is 0 Å². The van der Waals surface area contributed by atoms with E-state index in [9.17, 15) is 13.2 Å². The van der Waals surface area contributed by atoms with Crippen LogP contribution < -0.4 is 0 Å². The minimum Gasteiger partial charge on any atom is -0.464 e. The minimum absolute atomic E-state index is 0.0913. The Morgan fingerprint density at radius 3 is 2.46 bits per heavy atom. The fourth-order valence-electron chi connectivity index (χ4n) is 3.62. The Labute approximate surface area is 155 Å². The van der Waals surface area contributed by atoms with Gasteiger partial charge in [0.25, 0.3) is 0 Å². The van der Waals surface area contributed by atoms with Crippen molar-refractivity contribution in [3.05, 3.63) is 48.0 Å². The molecule has 1 heterocycles. The van der Waals surface area contributed by atoms with Crippen LogP contribution in [-0.2, 0) is 19.4 Å². The van der Waals surface area contributed by atoms with Gasteiger partial charge >= 0.3 is 5.97 Å². The highest BCUT2D eigenvalue weighted by atomic mass is 32.2. The van der Waals surface area contributed by atoms with Crippen LogP contribution in [0.1, 0.15) is 31.4 Å². The molecule has 5 nitrogen and oxygen atoms in total. The van der Waals surface area contributed by atoms with Gasteiger partial charge in [-0.15, -0.1) is 0 Å².